The van der Waals surface area contributed by atoms with E-state index in [1.807, 2.05) is 6.07 Å². The van der Waals surface area contributed by atoms with Crippen LogP contribution in [0.5, 0.6) is 5.75 Å². The van der Waals surface area contributed by atoms with Crippen molar-refractivity contribution in [1.82, 2.24) is 0 Å². The first kappa shape index (κ1) is 11.6. The van der Waals surface area contributed by atoms with Crippen LogP contribution in [-0.4, -0.2) is 5.11 Å². The number of hydrogen-bond acceptors (Lipinski definition) is 1. The van der Waals surface area contributed by atoms with Gasteiger partial charge in [-0.05, 0) is 45.0 Å². The minimum Gasteiger partial charge on any atom is -0.507 e. The standard InChI is InChI=1S/C12H17BrO/c1-7(2)9-5-10(8(3)4)12(13)11(14)6-9/h5-8,14H,1-4H3. The molecule has 14 heavy (non-hydrogen) atoms. The Morgan fingerprint density at radius 1 is 1.07 bits per heavy atom. The van der Waals surface area contributed by atoms with Crippen molar-refractivity contribution in [1.29, 1.82) is 0 Å². The van der Waals surface area contributed by atoms with E-state index >= 15 is 0 Å². The van der Waals surface area contributed by atoms with E-state index in [4.69, 9.17) is 0 Å². The minimum absolute atomic E-state index is 0.347. The first-order valence-electron chi connectivity index (χ1n) is 4.95. The molecule has 0 aliphatic heterocycles. The monoisotopic (exact) mass is 256 g/mol. The fourth-order valence-corrected chi connectivity index (χ4v) is 2.09. The Hall–Kier alpha value is -0.500. The van der Waals surface area contributed by atoms with Gasteiger partial charge in [-0.3, -0.25) is 0 Å². The molecule has 2 heteroatoms. The van der Waals surface area contributed by atoms with E-state index < -0.39 is 0 Å². The number of benzene rings is 1. The fraction of sp³-hybridized carbons (Fsp3) is 0.500. The van der Waals surface area contributed by atoms with Crippen LogP contribution in [0.25, 0.3) is 0 Å². The maximum atomic E-state index is 9.73. The molecule has 0 bridgehead atoms. The molecule has 0 heterocycles. The Morgan fingerprint density at radius 3 is 2.07 bits per heavy atom. The Bertz CT molecular complexity index is 329. The summed E-state index contributed by atoms with van der Waals surface area (Å²) in [5.41, 5.74) is 2.36. The average Bonchev–Trinajstić information content (AvgIpc) is 2.08. The number of rotatable bonds is 2. The van der Waals surface area contributed by atoms with Crippen LogP contribution in [0.3, 0.4) is 0 Å². The first-order chi connectivity index (χ1) is 6.43. The number of halogens is 1. The van der Waals surface area contributed by atoms with Gasteiger partial charge < -0.3 is 5.11 Å². The highest BCUT2D eigenvalue weighted by Crippen LogP contribution is 2.35. The molecular weight excluding hydrogens is 240 g/mol. The van der Waals surface area contributed by atoms with Crippen LogP contribution >= 0.6 is 15.9 Å². The van der Waals surface area contributed by atoms with Crippen molar-refractivity contribution in [3.8, 4) is 5.75 Å². The summed E-state index contributed by atoms with van der Waals surface area (Å²) in [7, 11) is 0. The molecule has 0 saturated heterocycles. The topological polar surface area (TPSA) is 20.2 Å². The van der Waals surface area contributed by atoms with E-state index in [9.17, 15) is 5.11 Å². The molecule has 1 rings (SSSR count). The molecule has 1 N–H and O–H groups in total. The lowest BCUT2D eigenvalue weighted by Gasteiger charge is -2.14. The van der Waals surface area contributed by atoms with Crippen molar-refractivity contribution in [2.24, 2.45) is 0 Å². The molecule has 1 aromatic rings. The Labute approximate surface area is 94.3 Å². The lowest BCUT2D eigenvalue weighted by Crippen LogP contribution is -1.94. The lowest BCUT2D eigenvalue weighted by atomic mass is 9.95. The van der Waals surface area contributed by atoms with E-state index in [0.717, 1.165) is 4.47 Å². The summed E-state index contributed by atoms with van der Waals surface area (Å²) in [6.45, 7) is 8.52. The van der Waals surface area contributed by atoms with Crippen molar-refractivity contribution in [3.05, 3.63) is 27.7 Å². The van der Waals surface area contributed by atoms with Gasteiger partial charge in [0.1, 0.15) is 5.75 Å². The molecule has 0 unspecified atom stereocenters. The van der Waals surface area contributed by atoms with Crippen LogP contribution in [-0.2, 0) is 0 Å². The van der Waals surface area contributed by atoms with E-state index in [1.54, 1.807) is 0 Å². The SMILES string of the molecule is CC(C)c1cc(O)c(Br)c(C(C)C)c1. The van der Waals surface area contributed by atoms with Gasteiger partial charge >= 0.3 is 0 Å². The summed E-state index contributed by atoms with van der Waals surface area (Å²) < 4.78 is 0.830. The fourth-order valence-electron chi connectivity index (χ4n) is 1.41. The number of aromatic hydroxyl groups is 1. The minimum atomic E-state index is 0.347. The molecule has 0 aromatic heterocycles. The predicted molar refractivity (Wildman–Crippen MR) is 64.0 cm³/mol. The Balaban J connectivity index is 3.28. The van der Waals surface area contributed by atoms with Gasteiger partial charge in [0.2, 0.25) is 0 Å². The van der Waals surface area contributed by atoms with Crippen LogP contribution in [0.15, 0.2) is 16.6 Å². The third-order valence-electron chi connectivity index (χ3n) is 2.39. The molecule has 1 aromatic carbocycles. The second-order valence-electron chi connectivity index (χ2n) is 4.25. The van der Waals surface area contributed by atoms with Gasteiger partial charge in [-0.2, -0.15) is 0 Å². The largest absolute Gasteiger partial charge is 0.507 e. The molecule has 0 radical (unpaired) electrons. The normalized spacial score (nSPS) is 11.4. The molecule has 1 nitrogen and oxygen atoms in total. The number of phenolic OH excluding ortho intramolecular Hbond substituents is 1. The molecule has 0 fully saturated rings. The number of hydrogen-bond donors (Lipinski definition) is 1. The zero-order valence-corrected chi connectivity index (χ0v) is 10.7. The smallest absolute Gasteiger partial charge is 0.130 e. The average molecular weight is 257 g/mol. The highest BCUT2D eigenvalue weighted by Gasteiger charge is 2.12. The lowest BCUT2D eigenvalue weighted by molar-refractivity contribution is 0.469. The van der Waals surface area contributed by atoms with Gasteiger partial charge in [0.05, 0.1) is 4.47 Å². The van der Waals surface area contributed by atoms with Crippen molar-refractivity contribution in [2.75, 3.05) is 0 Å². The highest BCUT2D eigenvalue weighted by atomic mass is 79.9. The molecule has 0 saturated carbocycles. The maximum absolute atomic E-state index is 9.73. The van der Waals surface area contributed by atoms with Gasteiger partial charge in [-0.25, -0.2) is 0 Å². The van der Waals surface area contributed by atoms with Crippen molar-refractivity contribution in [3.63, 3.8) is 0 Å². The second kappa shape index (κ2) is 4.35. The quantitative estimate of drug-likeness (QED) is 0.832. The van der Waals surface area contributed by atoms with Crippen LogP contribution in [0, 0.1) is 0 Å². The molecule has 0 aliphatic carbocycles. The van der Waals surface area contributed by atoms with Crippen molar-refractivity contribution >= 4 is 15.9 Å². The third kappa shape index (κ3) is 2.30. The second-order valence-corrected chi connectivity index (χ2v) is 5.05. The molecule has 0 atom stereocenters. The molecular formula is C12H17BrO. The molecule has 0 spiro atoms. The summed E-state index contributed by atoms with van der Waals surface area (Å²) in [5, 5.41) is 9.73. The van der Waals surface area contributed by atoms with Gasteiger partial charge in [-0.15, -0.1) is 0 Å². The van der Waals surface area contributed by atoms with Crippen molar-refractivity contribution in [2.45, 2.75) is 39.5 Å². The van der Waals surface area contributed by atoms with Gasteiger partial charge in [-0.1, -0.05) is 33.8 Å². The molecule has 78 valence electrons. The summed E-state index contributed by atoms with van der Waals surface area (Å²) in [5.74, 6) is 1.22. The first-order valence-corrected chi connectivity index (χ1v) is 5.75. The van der Waals surface area contributed by atoms with Crippen LogP contribution in [0.1, 0.15) is 50.7 Å². The van der Waals surface area contributed by atoms with Gasteiger partial charge in [0.15, 0.2) is 0 Å². The third-order valence-corrected chi connectivity index (χ3v) is 3.26. The van der Waals surface area contributed by atoms with E-state index in [0.29, 0.717) is 17.6 Å². The van der Waals surface area contributed by atoms with Crippen LogP contribution in [0.4, 0.5) is 0 Å². The molecule has 0 amide bonds. The zero-order chi connectivity index (χ0) is 10.9. The van der Waals surface area contributed by atoms with Gasteiger partial charge in [0.25, 0.3) is 0 Å². The van der Waals surface area contributed by atoms with E-state index in [2.05, 4.69) is 49.7 Å². The van der Waals surface area contributed by atoms with E-state index in [1.165, 1.54) is 11.1 Å². The van der Waals surface area contributed by atoms with Crippen LogP contribution in [0.2, 0.25) is 0 Å². The predicted octanol–water partition coefficient (Wildman–Crippen LogP) is 4.40. The van der Waals surface area contributed by atoms with E-state index in [-0.39, 0.29) is 0 Å². The summed E-state index contributed by atoms with van der Waals surface area (Å²) in [6, 6.07) is 4.00. The number of phenols is 1. The maximum Gasteiger partial charge on any atom is 0.130 e. The Morgan fingerprint density at radius 2 is 1.64 bits per heavy atom. The van der Waals surface area contributed by atoms with Crippen molar-refractivity contribution < 1.29 is 5.11 Å². The molecule has 0 aliphatic rings. The van der Waals surface area contributed by atoms with Crippen LogP contribution < -0.4 is 0 Å². The van der Waals surface area contributed by atoms with Gasteiger partial charge in [0, 0.05) is 0 Å². The summed E-state index contributed by atoms with van der Waals surface area (Å²) in [6.07, 6.45) is 0. The zero-order valence-electron chi connectivity index (χ0n) is 9.13. The highest BCUT2D eigenvalue weighted by molar-refractivity contribution is 9.10. The summed E-state index contributed by atoms with van der Waals surface area (Å²) >= 11 is 3.41. The Kier molecular flexibility index (Phi) is 3.59. The summed E-state index contributed by atoms with van der Waals surface area (Å²) in [4.78, 5) is 0.